The van der Waals surface area contributed by atoms with E-state index in [0.717, 1.165) is 28.0 Å². The number of methoxy groups -OCH3 is 1. The lowest BCUT2D eigenvalue weighted by Gasteiger charge is -2.18. The van der Waals surface area contributed by atoms with Crippen molar-refractivity contribution in [3.8, 4) is 23.0 Å². The third-order valence-electron chi connectivity index (χ3n) is 7.28. The van der Waals surface area contributed by atoms with Crippen LogP contribution in [0.4, 0.5) is 0 Å². The molecule has 0 heterocycles. The van der Waals surface area contributed by atoms with E-state index in [4.69, 9.17) is 62.8 Å². The van der Waals surface area contributed by atoms with Crippen molar-refractivity contribution in [2.24, 2.45) is 15.3 Å². The van der Waals surface area contributed by atoms with Crippen LogP contribution in [0.2, 0.25) is 0 Å². The molecule has 0 aliphatic heterocycles. The van der Waals surface area contributed by atoms with Crippen molar-refractivity contribution in [2.45, 2.75) is 6.16 Å². The van der Waals surface area contributed by atoms with Gasteiger partial charge in [-0.15, -0.1) is 0 Å². The maximum Gasteiger partial charge on any atom is 0.334 e. The molecule has 0 amide bonds. The third kappa shape index (κ3) is 14.0. The summed E-state index contributed by atoms with van der Waals surface area (Å²) in [7, 11) is 0.972. The van der Waals surface area contributed by atoms with Crippen LogP contribution < -0.4 is 18.3 Å². The van der Waals surface area contributed by atoms with Crippen molar-refractivity contribution in [2.75, 3.05) is 42.5 Å². The fourth-order valence-electron chi connectivity index (χ4n) is 4.13. The van der Waals surface area contributed by atoms with Crippen LogP contribution in [-0.2, 0) is 55.2 Å². The zero-order valence-corrected chi connectivity index (χ0v) is 36.7. The molecule has 0 spiro atoms. The Kier molecular flexibility index (Phi) is 17.3. The van der Waals surface area contributed by atoms with Crippen LogP contribution in [0.25, 0.3) is 0 Å². The first-order valence-electron chi connectivity index (χ1n) is 16.0. The number of hydrogen-bond acceptors (Lipinski definition) is 13. The fourth-order valence-corrected chi connectivity index (χ4v) is 8.35. The highest BCUT2D eigenvalue weighted by atomic mass is 32.4. The van der Waals surface area contributed by atoms with E-state index in [1.165, 1.54) is 14.2 Å². The average molecular weight is 867 g/mol. The van der Waals surface area contributed by atoms with E-state index < -0.39 is 28.8 Å². The lowest BCUT2D eigenvalue weighted by Crippen LogP contribution is -2.04. The molecule has 54 heavy (non-hydrogen) atoms. The molecule has 0 fully saturated rings. The SMILES string of the molecule is COc1ccc(/C=N/N(C)[PH](=S)Oc2ccc(/C=N/N(C)[PH](=S)Oc3ccc(/C=N/N(C)[PH](=S)Oc4ccc(CP(=O)(OC)OC)cc4)cc3)cc2)cc1. The number of hydrogen-bond donors (Lipinski definition) is 0. The highest BCUT2D eigenvalue weighted by molar-refractivity contribution is 8.02. The summed E-state index contributed by atoms with van der Waals surface area (Å²) in [5, 5.41) is 13.3. The smallest absolute Gasteiger partial charge is 0.334 e. The Morgan fingerprint density at radius 1 is 0.537 bits per heavy atom. The van der Waals surface area contributed by atoms with E-state index in [1.807, 2.05) is 72.8 Å². The van der Waals surface area contributed by atoms with Gasteiger partial charge in [0.2, 0.25) is 21.2 Å². The van der Waals surface area contributed by atoms with Gasteiger partial charge in [0.15, 0.2) is 0 Å². The summed E-state index contributed by atoms with van der Waals surface area (Å²) >= 11 is 16.7. The molecule has 288 valence electrons. The van der Waals surface area contributed by atoms with E-state index in [-0.39, 0.29) is 6.16 Å². The summed E-state index contributed by atoms with van der Waals surface area (Å²) in [6.07, 6.45) is 5.30. The molecule has 0 aromatic heterocycles. The predicted molar refractivity (Wildman–Crippen MR) is 233 cm³/mol. The van der Waals surface area contributed by atoms with Crippen LogP contribution in [0.5, 0.6) is 23.0 Å². The van der Waals surface area contributed by atoms with Crippen molar-refractivity contribution >= 4 is 82.9 Å². The highest BCUT2D eigenvalue weighted by Crippen LogP contribution is 2.49. The molecule has 20 heteroatoms. The minimum atomic E-state index is -3.16. The molecular formula is C34H42N6O7P4S3. The molecule has 0 aliphatic rings. The summed E-state index contributed by atoms with van der Waals surface area (Å²) in [4.78, 5) is 0. The van der Waals surface area contributed by atoms with Gasteiger partial charge >= 0.3 is 7.60 Å². The molecule has 13 nitrogen and oxygen atoms in total. The van der Waals surface area contributed by atoms with Gasteiger partial charge in [0, 0.05) is 35.4 Å². The third-order valence-corrected chi connectivity index (χ3v) is 15.4. The van der Waals surface area contributed by atoms with Gasteiger partial charge in [-0.25, -0.2) is 14.3 Å². The monoisotopic (exact) mass is 866 g/mol. The van der Waals surface area contributed by atoms with Crippen molar-refractivity contribution < 1.29 is 31.9 Å². The van der Waals surface area contributed by atoms with Gasteiger partial charge in [-0.3, -0.25) is 4.57 Å². The summed E-state index contributed by atoms with van der Waals surface area (Å²) in [6.45, 7) is 0. The van der Waals surface area contributed by atoms with Gasteiger partial charge in [0.25, 0.3) is 0 Å². The number of rotatable bonds is 20. The second kappa shape index (κ2) is 21.6. The number of hydrazone groups is 3. The molecule has 4 rings (SSSR count). The Hall–Kier alpha value is -3.41. The molecule has 4 aromatic rings. The highest BCUT2D eigenvalue weighted by Gasteiger charge is 2.21. The van der Waals surface area contributed by atoms with Crippen LogP contribution in [0.15, 0.2) is 112 Å². The molecule has 4 aromatic carbocycles. The topological polar surface area (TPSA) is 119 Å². The van der Waals surface area contributed by atoms with Crippen molar-refractivity contribution in [1.29, 1.82) is 0 Å². The van der Waals surface area contributed by atoms with Crippen LogP contribution in [-0.4, -0.2) is 75.5 Å². The maximum atomic E-state index is 12.4. The Bertz CT molecular complexity index is 2020. The summed E-state index contributed by atoms with van der Waals surface area (Å²) < 4.78 is 50.4. The molecule has 0 N–H and O–H groups in total. The van der Waals surface area contributed by atoms with E-state index in [0.29, 0.717) is 17.2 Å². The Labute approximate surface area is 333 Å². The zero-order chi connectivity index (χ0) is 39.1. The number of nitrogens with zero attached hydrogens (tertiary/aromatic N) is 6. The molecule has 0 aliphatic carbocycles. The second-order valence-electron chi connectivity index (χ2n) is 11.1. The minimum Gasteiger partial charge on any atom is -0.497 e. The zero-order valence-electron chi connectivity index (χ0n) is 30.4. The van der Waals surface area contributed by atoms with Gasteiger partial charge in [0.05, 0.1) is 31.9 Å². The molecule has 3 unspecified atom stereocenters. The minimum absolute atomic E-state index is 0.160. The first-order chi connectivity index (χ1) is 25.9. The normalized spacial score (nSPS) is 13.4. The van der Waals surface area contributed by atoms with Crippen molar-refractivity contribution in [3.05, 3.63) is 119 Å². The van der Waals surface area contributed by atoms with Crippen molar-refractivity contribution in [1.82, 2.24) is 14.3 Å². The van der Waals surface area contributed by atoms with Gasteiger partial charge in [-0.1, -0.05) is 12.1 Å². The lowest BCUT2D eigenvalue weighted by atomic mass is 10.2. The van der Waals surface area contributed by atoms with Crippen molar-refractivity contribution in [3.63, 3.8) is 0 Å². The van der Waals surface area contributed by atoms with Gasteiger partial charge < -0.3 is 27.4 Å². The van der Waals surface area contributed by atoms with E-state index in [9.17, 15) is 4.57 Å². The largest absolute Gasteiger partial charge is 0.497 e. The van der Waals surface area contributed by atoms with E-state index in [2.05, 4.69) is 15.3 Å². The number of ether oxygens (including phenoxy) is 1. The van der Waals surface area contributed by atoms with Crippen LogP contribution in [0, 0.1) is 0 Å². The van der Waals surface area contributed by atoms with Gasteiger partial charge in [-0.05, 0) is 143 Å². The summed E-state index contributed by atoms with van der Waals surface area (Å²) in [5.41, 5.74) is 3.43. The summed E-state index contributed by atoms with van der Waals surface area (Å²) in [5.74, 6) is 2.65. The van der Waals surface area contributed by atoms with Crippen LogP contribution in [0.1, 0.15) is 22.3 Å². The van der Waals surface area contributed by atoms with Gasteiger partial charge in [0.1, 0.15) is 23.0 Å². The Morgan fingerprint density at radius 3 is 1.13 bits per heavy atom. The molecular weight excluding hydrogens is 825 g/mol. The van der Waals surface area contributed by atoms with Crippen LogP contribution in [0.3, 0.4) is 0 Å². The van der Waals surface area contributed by atoms with E-state index in [1.54, 1.807) is 85.5 Å². The molecule has 0 radical (unpaired) electrons. The quantitative estimate of drug-likeness (QED) is 0.0483. The molecule has 0 bridgehead atoms. The number of benzene rings is 4. The first kappa shape index (κ1) is 43.3. The fraction of sp³-hybridized carbons (Fsp3) is 0.206. The lowest BCUT2D eigenvalue weighted by molar-refractivity contribution is 0.275. The molecule has 0 saturated carbocycles. The average Bonchev–Trinajstić information content (AvgIpc) is 3.19. The Balaban J connectivity index is 1.21. The van der Waals surface area contributed by atoms with Gasteiger partial charge in [-0.2, -0.15) is 15.3 Å². The molecule has 3 atom stereocenters. The van der Waals surface area contributed by atoms with Crippen LogP contribution >= 0.6 is 28.8 Å². The molecule has 0 saturated heterocycles. The second-order valence-corrected chi connectivity index (χ2v) is 20.7. The predicted octanol–water partition coefficient (Wildman–Crippen LogP) is 8.23. The Morgan fingerprint density at radius 2 is 0.833 bits per heavy atom. The standard InChI is InChI=1S/C34H42N6O7P4S3/c1-38(35-23-27-7-15-31(42-4)16-8-27)48(52)45-32-17-9-28(10-18-32)24-36-39(2)49(53)46-33-19-11-29(12-20-33)25-37-40(3)50(54)47-34-21-13-30(14-22-34)26-51(41,43-5)44-6/h7-25,48-50H,26H2,1-6H3/b35-23+,36-24+,37-25+. The van der Waals surface area contributed by atoms with E-state index >= 15 is 0 Å². The summed E-state index contributed by atoms with van der Waals surface area (Å²) in [6, 6.07) is 29.6. The first-order valence-corrected chi connectivity index (χ1v) is 25.2. The maximum absolute atomic E-state index is 12.4.